The molecule has 1 saturated heterocycles. The summed E-state index contributed by atoms with van der Waals surface area (Å²) in [5, 5.41) is 21.8. The van der Waals surface area contributed by atoms with Crippen LogP contribution < -0.4 is 10.8 Å². The molecule has 0 radical (unpaired) electrons. The number of hydrogen-bond donors (Lipinski definition) is 4. The molecule has 0 saturated carbocycles. The van der Waals surface area contributed by atoms with Gasteiger partial charge in [0.15, 0.2) is 12.1 Å². The fraction of sp³-hybridized carbons (Fsp3) is 0.271. The molecule has 0 unspecified atom stereocenters. The first-order valence-corrected chi connectivity index (χ1v) is 21.1. The highest BCUT2D eigenvalue weighted by Crippen LogP contribution is 2.41. The second-order valence-corrected chi connectivity index (χ2v) is 15.6. The molecule has 1 aliphatic rings. The third-order valence-electron chi connectivity index (χ3n) is 10.3. The largest absolute Gasteiger partial charge is 0.431 e. The third kappa shape index (κ3) is 11.6. The van der Waals surface area contributed by atoms with Gasteiger partial charge in [0.25, 0.3) is 5.22 Å². The maximum atomic E-state index is 12.5. The molecule has 10 nitrogen and oxygen atoms in total. The molecule has 0 bridgehead atoms. The number of oxazole rings is 1. The summed E-state index contributed by atoms with van der Waals surface area (Å²) in [5.41, 5.74) is 10.2. The molecule has 59 heavy (non-hydrogen) atoms. The van der Waals surface area contributed by atoms with Crippen LogP contribution in [0.4, 0.5) is 0 Å². The van der Waals surface area contributed by atoms with E-state index in [1.807, 2.05) is 109 Å². The third-order valence-corrected chi connectivity index (χ3v) is 11.3. The molecule has 1 aliphatic heterocycles. The van der Waals surface area contributed by atoms with Gasteiger partial charge >= 0.3 is 0 Å². The minimum absolute atomic E-state index is 0.00557. The van der Waals surface area contributed by atoms with Gasteiger partial charge in [-0.05, 0) is 46.7 Å². The Kier molecular flexibility index (Phi) is 14.7. The van der Waals surface area contributed by atoms with Crippen molar-refractivity contribution in [1.82, 2.24) is 15.8 Å². The second-order valence-electron chi connectivity index (χ2n) is 14.6. The average molecular weight is 812 g/mol. The summed E-state index contributed by atoms with van der Waals surface area (Å²) in [4.78, 5) is 28.6. The van der Waals surface area contributed by atoms with Crippen molar-refractivity contribution in [3.8, 4) is 33.7 Å². The smallest absolute Gasteiger partial charge is 0.256 e. The maximum absolute atomic E-state index is 12.5. The van der Waals surface area contributed by atoms with E-state index in [0.29, 0.717) is 36.8 Å². The van der Waals surface area contributed by atoms with Gasteiger partial charge in [0.2, 0.25) is 11.8 Å². The van der Waals surface area contributed by atoms with Gasteiger partial charge in [-0.2, -0.15) is 0 Å². The molecule has 11 heteroatoms. The van der Waals surface area contributed by atoms with Crippen LogP contribution in [0.1, 0.15) is 79.6 Å². The van der Waals surface area contributed by atoms with E-state index < -0.39 is 6.29 Å². The van der Waals surface area contributed by atoms with Crippen LogP contribution in [-0.4, -0.2) is 39.0 Å². The fourth-order valence-corrected chi connectivity index (χ4v) is 7.93. The minimum atomic E-state index is -0.614. The number of carbonyl (C=O) groups is 2. The quantitative estimate of drug-likeness (QED) is 0.0289. The van der Waals surface area contributed by atoms with Crippen molar-refractivity contribution in [2.24, 2.45) is 0 Å². The number of aromatic nitrogens is 1. The number of hydroxylamine groups is 1. The first-order chi connectivity index (χ1) is 28.9. The molecule has 0 aliphatic carbocycles. The first-order valence-electron chi connectivity index (χ1n) is 20.1. The number of unbranched alkanes of at least 4 members (excludes halogenated alkanes) is 3. The Bertz CT molecular complexity index is 2190. The van der Waals surface area contributed by atoms with Crippen molar-refractivity contribution in [1.29, 1.82) is 0 Å². The van der Waals surface area contributed by atoms with Gasteiger partial charge in [-0.25, -0.2) is 10.5 Å². The number of ether oxygens (including phenoxy) is 2. The summed E-state index contributed by atoms with van der Waals surface area (Å²) in [5.74, 6) is 0.939. The van der Waals surface area contributed by atoms with Crippen LogP contribution >= 0.6 is 11.8 Å². The predicted molar refractivity (Wildman–Crippen MR) is 228 cm³/mol. The summed E-state index contributed by atoms with van der Waals surface area (Å²) >= 11 is 1.53. The van der Waals surface area contributed by atoms with E-state index in [2.05, 4.69) is 29.6 Å². The first kappa shape index (κ1) is 41.6. The topological polar surface area (TPSA) is 143 Å². The zero-order valence-corrected chi connectivity index (χ0v) is 33.6. The number of nitrogens with one attached hydrogen (secondary N) is 2. The zero-order valence-electron chi connectivity index (χ0n) is 32.8. The second kappa shape index (κ2) is 20.9. The summed E-state index contributed by atoms with van der Waals surface area (Å²) < 4.78 is 19.7. The average Bonchev–Trinajstić information content (AvgIpc) is 3.74. The Morgan fingerprint density at radius 3 is 2.03 bits per heavy atom. The molecule has 304 valence electrons. The van der Waals surface area contributed by atoms with Crippen LogP contribution in [0.15, 0.2) is 143 Å². The Balaban J connectivity index is 1.01. The van der Waals surface area contributed by atoms with E-state index in [1.54, 1.807) is 5.48 Å². The van der Waals surface area contributed by atoms with E-state index >= 15 is 0 Å². The zero-order chi connectivity index (χ0) is 40.8. The molecule has 7 rings (SSSR count). The molecule has 2 heterocycles. The molecule has 2 amide bonds. The predicted octanol–water partition coefficient (Wildman–Crippen LogP) is 9.97. The van der Waals surface area contributed by atoms with Crippen molar-refractivity contribution in [3.63, 3.8) is 0 Å². The number of carbonyl (C=O) groups excluding carboxylic acids is 2. The minimum Gasteiger partial charge on any atom is -0.431 e. The van der Waals surface area contributed by atoms with Gasteiger partial charge < -0.3 is 24.3 Å². The highest BCUT2D eigenvalue weighted by atomic mass is 32.2. The molecule has 6 aromatic rings. The highest BCUT2D eigenvalue weighted by molar-refractivity contribution is 7.99. The molecule has 5 aromatic carbocycles. The number of aliphatic hydroxyl groups is 1. The normalized spacial score (nSPS) is 16.4. The maximum Gasteiger partial charge on any atom is 0.256 e. The lowest BCUT2D eigenvalue weighted by Crippen LogP contribution is -2.31. The lowest BCUT2D eigenvalue weighted by Gasteiger charge is -2.36. The summed E-state index contributed by atoms with van der Waals surface area (Å²) in [6.07, 6.45) is 3.42. The molecule has 1 fully saturated rings. The van der Waals surface area contributed by atoms with Gasteiger partial charge in [0.05, 0.1) is 18.8 Å². The van der Waals surface area contributed by atoms with Crippen molar-refractivity contribution in [3.05, 3.63) is 156 Å². The summed E-state index contributed by atoms with van der Waals surface area (Å²) in [7, 11) is 0. The molecule has 3 atom stereocenters. The molecule has 4 N–H and O–H groups in total. The van der Waals surface area contributed by atoms with E-state index in [-0.39, 0.29) is 37.0 Å². The van der Waals surface area contributed by atoms with E-state index in [4.69, 9.17) is 24.1 Å². The molecular weight excluding hydrogens is 763 g/mol. The van der Waals surface area contributed by atoms with Crippen molar-refractivity contribution in [2.75, 3.05) is 5.75 Å². The number of aliphatic hydroxyl groups excluding tert-OH is 1. The number of hydrogen-bond acceptors (Lipinski definition) is 9. The van der Waals surface area contributed by atoms with Crippen LogP contribution in [0, 0.1) is 0 Å². The Morgan fingerprint density at radius 1 is 0.678 bits per heavy atom. The molecular formula is C48H49N3O7S. The molecule has 0 spiro atoms. The van der Waals surface area contributed by atoms with Crippen LogP contribution in [0.2, 0.25) is 0 Å². The van der Waals surface area contributed by atoms with E-state index in [0.717, 1.165) is 75.2 Å². The Morgan fingerprint density at radius 2 is 1.34 bits per heavy atom. The van der Waals surface area contributed by atoms with Crippen LogP contribution in [0.5, 0.6) is 0 Å². The van der Waals surface area contributed by atoms with Crippen molar-refractivity contribution in [2.45, 2.75) is 81.8 Å². The Hall–Kier alpha value is -5.56. The fourth-order valence-electron chi connectivity index (χ4n) is 7.09. The van der Waals surface area contributed by atoms with Crippen molar-refractivity contribution >= 4 is 23.6 Å². The van der Waals surface area contributed by atoms with Gasteiger partial charge in [-0.15, -0.1) is 0 Å². The van der Waals surface area contributed by atoms with E-state index in [9.17, 15) is 14.7 Å². The van der Waals surface area contributed by atoms with Gasteiger partial charge in [0, 0.05) is 48.3 Å². The monoisotopic (exact) mass is 811 g/mol. The standard InChI is InChI=1S/C48H49N3O7S/c52-31-33-20-22-36(23-21-33)42-29-41(32-59-48-50-45(37-13-5-3-6-14-37)46(58-48)38-15-7-4-8-16-38)56-47(57-42)39-26-24-35(25-27-39)40-17-11-12-34(28-40)30-49-43(53)18-9-1-2-10-19-44(54)51-55/h3-8,11-17,20-28,41-42,47,52,55H,1-2,9-10,18-19,29-32H2,(H,49,53)(H,51,54)/t41-,42+,47+/m0/s1. The number of thioether (sulfide) groups is 1. The van der Waals surface area contributed by atoms with E-state index in [1.165, 1.54) is 11.8 Å². The van der Waals surface area contributed by atoms with Crippen LogP contribution in [-0.2, 0) is 32.2 Å². The van der Waals surface area contributed by atoms with Gasteiger partial charge in [0.1, 0.15) is 5.69 Å². The highest BCUT2D eigenvalue weighted by Gasteiger charge is 2.33. The summed E-state index contributed by atoms with van der Waals surface area (Å²) in [6, 6.07) is 44.3. The number of rotatable bonds is 18. The van der Waals surface area contributed by atoms with Crippen molar-refractivity contribution < 1.29 is 33.8 Å². The van der Waals surface area contributed by atoms with Gasteiger partial charge in [-0.1, -0.05) is 152 Å². The van der Waals surface area contributed by atoms with Gasteiger partial charge in [-0.3, -0.25) is 14.8 Å². The SMILES string of the molecule is O=C(CCCCCCC(=O)NCc1cccc(-c2ccc([C@@H]3O[C@H](CSc4nc(-c5ccccc5)c(-c5ccccc5)o4)C[C@H](c4ccc(CO)cc4)O3)cc2)c1)NO. The van der Waals surface area contributed by atoms with Crippen LogP contribution in [0.25, 0.3) is 33.7 Å². The summed E-state index contributed by atoms with van der Waals surface area (Å²) in [6.45, 7) is 0.407. The Labute approximate surface area is 349 Å². The number of benzene rings is 5. The number of nitrogens with zero attached hydrogens (tertiary/aromatic N) is 1. The molecule has 1 aromatic heterocycles. The number of amides is 2. The van der Waals surface area contributed by atoms with Crippen LogP contribution in [0.3, 0.4) is 0 Å². The lowest BCUT2D eigenvalue weighted by atomic mass is 9.99. The lowest BCUT2D eigenvalue weighted by molar-refractivity contribution is -0.245.